The number of carbonyl (C=O) groups excluding carboxylic acids is 1. The average Bonchev–Trinajstić information content (AvgIpc) is 2.57. The summed E-state index contributed by atoms with van der Waals surface area (Å²) in [6, 6.07) is 5.95. The van der Waals surface area contributed by atoms with Crippen molar-refractivity contribution in [3.63, 3.8) is 0 Å². The molecule has 0 saturated carbocycles. The molecule has 0 saturated heterocycles. The van der Waals surface area contributed by atoms with Crippen LogP contribution in [0.25, 0.3) is 11.0 Å². The number of carbonyl (C=O) groups is 1. The number of rotatable bonds is 2. The summed E-state index contributed by atoms with van der Waals surface area (Å²) in [5.74, 6) is -0.281. The minimum atomic E-state index is -0.281. The summed E-state index contributed by atoms with van der Waals surface area (Å²) in [4.78, 5) is 10.7. The number of furan rings is 1. The van der Waals surface area contributed by atoms with Gasteiger partial charge in [-0.2, -0.15) is 0 Å². The Morgan fingerprint density at radius 1 is 1.47 bits per heavy atom. The van der Waals surface area contributed by atoms with Gasteiger partial charge in [0, 0.05) is 17.9 Å². The van der Waals surface area contributed by atoms with Crippen LogP contribution in [0.3, 0.4) is 0 Å². The first kappa shape index (κ1) is 9.77. The summed E-state index contributed by atoms with van der Waals surface area (Å²) >= 11 is 0. The van der Waals surface area contributed by atoms with Crippen molar-refractivity contribution >= 4 is 16.9 Å². The minimum absolute atomic E-state index is 0.269. The van der Waals surface area contributed by atoms with Gasteiger partial charge in [0.2, 0.25) is 0 Å². The molecule has 0 aliphatic rings. The van der Waals surface area contributed by atoms with Crippen LogP contribution in [-0.2, 0) is 16.1 Å². The zero-order valence-corrected chi connectivity index (χ0v) is 8.74. The Hall–Kier alpha value is -1.77. The number of benzene rings is 1. The number of ether oxygens (including phenoxy) is 1. The Morgan fingerprint density at radius 2 is 2.27 bits per heavy atom. The van der Waals surface area contributed by atoms with Gasteiger partial charge in [-0.15, -0.1) is 0 Å². The van der Waals surface area contributed by atoms with Gasteiger partial charge < -0.3 is 9.15 Å². The fourth-order valence-electron chi connectivity index (χ4n) is 1.48. The van der Waals surface area contributed by atoms with E-state index in [0.29, 0.717) is 0 Å². The van der Waals surface area contributed by atoms with Gasteiger partial charge in [-0.05, 0) is 18.6 Å². The second-order valence-corrected chi connectivity index (χ2v) is 3.54. The van der Waals surface area contributed by atoms with Gasteiger partial charge in [-0.1, -0.05) is 12.1 Å². The molecule has 0 aliphatic carbocycles. The highest BCUT2D eigenvalue weighted by Crippen LogP contribution is 2.22. The highest BCUT2D eigenvalue weighted by Gasteiger charge is 2.06. The molecule has 2 aromatic rings. The third-order valence-electron chi connectivity index (χ3n) is 2.24. The molecule has 0 radical (unpaired) electrons. The topological polar surface area (TPSA) is 39.4 Å². The van der Waals surface area contributed by atoms with Crippen LogP contribution in [0, 0.1) is 6.92 Å². The van der Waals surface area contributed by atoms with E-state index in [1.807, 2.05) is 25.1 Å². The number of hydrogen-bond donors (Lipinski definition) is 0. The molecule has 0 bridgehead atoms. The van der Waals surface area contributed by atoms with Crippen molar-refractivity contribution in [2.75, 3.05) is 0 Å². The first-order valence-corrected chi connectivity index (χ1v) is 4.77. The van der Waals surface area contributed by atoms with Crippen LogP contribution in [0.15, 0.2) is 28.9 Å². The van der Waals surface area contributed by atoms with Crippen LogP contribution in [0.5, 0.6) is 0 Å². The van der Waals surface area contributed by atoms with E-state index in [9.17, 15) is 4.79 Å². The molecule has 1 aromatic carbocycles. The predicted octanol–water partition coefficient (Wildman–Crippen LogP) is 2.80. The molecule has 1 heterocycles. The van der Waals surface area contributed by atoms with Crippen LogP contribution in [0.2, 0.25) is 0 Å². The lowest BCUT2D eigenvalue weighted by molar-refractivity contribution is -0.142. The summed E-state index contributed by atoms with van der Waals surface area (Å²) in [6.07, 6.45) is 1.63. The van der Waals surface area contributed by atoms with Crippen molar-refractivity contribution in [3.05, 3.63) is 35.6 Å². The molecule has 0 atom stereocenters. The van der Waals surface area contributed by atoms with E-state index < -0.39 is 0 Å². The summed E-state index contributed by atoms with van der Waals surface area (Å²) in [5.41, 5.74) is 2.88. The molecule has 0 unspecified atom stereocenters. The van der Waals surface area contributed by atoms with E-state index >= 15 is 0 Å². The second kappa shape index (κ2) is 3.77. The van der Waals surface area contributed by atoms with E-state index in [4.69, 9.17) is 9.15 Å². The van der Waals surface area contributed by atoms with E-state index in [1.54, 1.807) is 6.26 Å². The van der Waals surface area contributed by atoms with Crippen molar-refractivity contribution in [1.29, 1.82) is 0 Å². The molecule has 78 valence electrons. The second-order valence-electron chi connectivity index (χ2n) is 3.54. The fraction of sp³-hybridized carbons (Fsp3) is 0.250. The predicted molar refractivity (Wildman–Crippen MR) is 56.4 cm³/mol. The molecular weight excluding hydrogens is 192 g/mol. The number of fused-ring (bicyclic) bond motifs is 1. The lowest BCUT2D eigenvalue weighted by Crippen LogP contribution is -1.97. The molecule has 0 aliphatic heterocycles. The lowest BCUT2D eigenvalue weighted by atomic mass is 10.1. The van der Waals surface area contributed by atoms with Gasteiger partial charge >= 0.3 is 5.97 Å². The SMILES string of the molecule is CC(=O)OCc1coc2cc(C)ccc12. The average molecular weight is 204 g/mol. The largest absolute Gasteiger partial charge is 0.464 e. The molecule has 3 nitrogen and oxygen atoms in total. The molecule has 1 aromatic heterocycles. The monoisotopic (exact) mass is 204 g/mol. The van der Waals surface area contributed by atoms with Gasteiger partial charge in [-0.25, -0.2) is 0 Å². The van der Waals surface area contributed by atoms with Crippen molar-refractivity contribution in [2.45, 2.75) is 20.5 Å². The smallest absolute Gasteiger partial charge is 0.302 e. The normalized spacial score (nSPS) is 10.5. The Bertz CT molecular complexity index is 497. The van der Waals surface area contributed by atoms with Gasteiger partial charge in [0.15, 0.2) is 0 Å². The molecule has 3 heteroatoms. The van der Waals surface area contributed by atoms with Crippen molar-refractivity contribution in [3.8, 4) is 0 Å². The summed E-state index contributed by atoms with van der Waals surface area (Å²) < 4.78 is 10.3. The number of esters is 1. The van der Waals surface area contributed by atoms with Crippen LogP contribution in [0.1, 0.15) is 18.1 Å². The van der Waals surface area contributed by atoms with Crippen molar-refractivity contribution < 1.29 is 13.9 Å². The zero-order valence-electron chi connectivity index (χ0n) is 8.74. The highest BCUT2D eigenvalue weighted by atomic mass is 16.5. The van der Waals surface area contributed by atoms with Crippen molar-refractivity contribution in [1.82, 2.24) is 0 Å². The van der Waals surface area contributed by atoms with Crippen LogP contribution in [0.4, 0.5) is 0 Å². The van der Waals surface area contributed by atoms with Gasteiger partial charge in [0.05, 0.1) is 6.26 Å². The maximum atomic E-state index is 10.7. The highest BCUT2D eigenvalue weighted by molar-refractivity contribution is 5.81. The number of aryl methyl sites for hydroxylation is 1. The summed E-state index contributed by atoms with van der Waals surface area (Å²) in [5, 5.41) is 1.00. The Balaban J connectivity index is 2.32. The minimum Gasteiger partial charge on any atom is -0.464 e. The van der Waals surface area contributed by atoms with E-state index in [0.717, 1.165) is 22.1 Å². The van der Waals surface area contributed by atoms with Crippen molar-refractivity contribution in [2.24, 2.45) is 0 Å². The maximum absolute atomic E-state index is 10.7. The van der Waals surface area contributed by atoms with E-state index in [2.05, 4.69) is 0 Å². The number of hydrogen-bond acceptors (Lipinski definition) is 3. The third-order valence-corrected chi connectivity index (χ3v) is 2.24. The molecule has 0 N–H and O–H groups in total. The van der Waals surface area contributed by atoms with Gasteiger partial charge in [-0.3, -0.25) is 4.79 Å². The van der Waals surface area contributed by atoms with Gasteiger partial charge in [0.25, 0.3) is 0 Å². The first-order valence-electron chi connectivity index (χ1n) is 4.77. The van der Waals surface area contributed by atoms with Crippen LogP contribution in [-0.4, -0.2) is 5.97 Å². The molecule has 15 heavy (non-hydrogen) atoms. The first-order chi connectivity index (χ1) is 7.16. The van der Waals surface area contributed by atoms with E-state index in [-0.39, 0.29) is 12.6 Å². The Labute approximate surface area is 87.6 Å². The Kier molecular flexibility index (Phi) is 2.46. The molecule has 0 spiro atoms. The summed E-state index contributed by atoms with van der Waals surface area (Å²) in [7, 11) is 0. The lowest BCUT2D eigenvalue weighted by Gasteiger charge is -1.99. The quantitative estimate of drug-likeness (QED) is 0.706. The summed E-state index contributed by atoms with van der Waals surface area (Å²) in [6.45, 7) is 3.67. The maximum Gasteiger partial charge on any atom is 0.302 e. The Morgan fingerprint density at radius 3 is 3.00 bits per heavy atom. The molecule has 2 rings (SSSR count). The zero-order chi connectivity index (χ0) is 10.8. The third kappa shape index (κ3) is 2.01. The van der Waals surface area contributed by atoms with Crippen LogP contribution >= 0.6 is 0 Å². The fourth-order valence-corrected chi connectivity index (χ4v) is 1.48. The van der Waals surface area contributed by atoms with Gasteiger partial charge in [0.1, 0.15) is 12.2 Å². The molecule has 0 amide bonds. The standard InChI is InChI=1S/C12H12O3/c1-8-3-4-11-10(6-14-9(2)13)7-15-12(11)5-8/h3-5,7H,6H2,1-2H3. The molecular formula is C12H12O3. The molecule has 0 fully saturated rings. The van der Waals surface area contributed by atoms with E-state index in [1.165, 1.54) is 6.92 Å². The van der Waals surface area contributed by atoms with Crippen LogP contribution < -0.4 is 0 Å².